The fraction of sp³-hybridized carbons (Fsp3) is 0.0625. The van der Waals surface area contributed by atoms with Crippen LogP contribution in [0.1, 0.15) is 6.92 Å². The summed E-state index contributed by atoms with van der Waals surface area (Å²) in [4.78, 5) is 23.8. The first kappa shape index (κ1) is 20.2. The molecule has 2 aliphatic rings. The second kappa shape index (κ2) is 7.48. The topological polar surface area (TPSA) is 178 Å². The van der Waals surface area contributed by atoms with E-state index in [9.17, 15) is 28.4 Å². The Morgan fingerprint density at radius 2 is 1.76 bits per heavy atom. The SMILES string of the molecule is CC1=NN(c2ccccc2)C(=O)C1=NN=C1C=C(S(=O)(=O)O)C=C(N([O-])[O-])C1=O. The van der Waals surface area contributed by atoms with Crippen molar-refractivity contribution in [1.29, 1.82) is 0 Å². The van der Waals surface area contributed by atoms with Crippen molar-refractivity contribution in [3.05, 3.63) is 63.5 Å². The van der Waals surface area contributed by atoms with E-state index < -0.39 is 43.3 Å². The molecule has 0 atom stereocenters. The quantitative estimate of drug-likeness (QED) is 0.423. The van der Waals surface area contributed by atoms with Gasteiger partial charge in [0, 0.05) is 0 Å². The summed E-state index contributed by atoms with van der Waals surface area (Å²) in [6.45, 7) is 1.46. The number of amides is 1. The molecule has 150 valence electrons. The molecule has 0 spiro atoms. The molecule has 0 saturated heterocycles. The van der Waals surface area contributed by atoms with Crippen molar-refractivity contribution in [3.63, 3.8) is 0 Å². The summed E-state index contributed by atoms with van der Waals surface area (Å²) in [7, 11) is -4.85. The molecule has 1 aromatic rings. The second-order valence-electron chi connectivity index (χ2n) is 5.71. The van der Waals surface area contributed by atoms with Gasteiger partial charge in [0.25, 0.3) is 10.1 Å². The fourth-order valence-corrected chi connectivity index (χ4v) is 2.91. The van der Waals surface area contributed by atoms with Crippen LogP contribution in [0, 0.1) is 10.4 Å². The van der Waals surface area contributed by atoms with Crippen molar-refractivity contribution in [2.75, 3.05) is 5.01 Å². The van der Waals surface area contributed by atoms with Gasteiger partial charge in [-0.15, -0.1) is 10.2 Å². The van der Waals surface area contributed by atoms with Crippen LogP contribution in [0.25, 0.3) is 0 Å². The van der Waals surface area contributed by atoms with Gasteiger partial charge in [-0.25, -0.2) is 0 Å². The number of ketones is 1. The Morgan fingerprint density at radius 3 is 2.34 bits per heavy atom. The lowest BCUT2D eigenvalue weighted by Gasteiger charge is -2.39. The molecule has 13 heteroatoms. The Labute approximate surface area is 163 Å². The lowest BCUT2D eigenvalue weighted by Crippen LogP contribution is -2.28. The van der Waals surface area contributed by atoms with E-state index in [-0.39, 0.29) is 11.4 Å². The Kier molecular flexibility index (Phi) is 5.21. The van der Waals surface area contributed by atoms with Crippen LogP contribution in [0.2, 0.25) is 0 Å². The van der Waals surface area contributed by atoms with E-state index in [4.69, 9.17) is 4.55 Å². The minimum absolute atomic E-state index is 0.162. The van der Waals surface area contributed by atoms with E-state index in [2.05, 4.69) is 15.3 Å². The lowest BCUT2D eigenvalue weighted by molar-refractivity contribution is -0.112. The number of hydrazone groups is 1. The van der Waals surface area contributed by atoms with Crippen LogP contribution in [0.4, 0.5) is 5.69 Å². The number of carbonyl (C=O) groups excluding carboxylic acids is 2. The van der Waals surface area contributed by atoms with Crippen LogP contribution >= 0.6 is 0 Å². The number of Topliss-reactive ketones (excluding diaryl/α,β-unsaturated/α-hetero) is 1. The van der Waals surface area contributed by atoms with Gasteiger partial charge in [0.15, 0.2) is 5.71 Å². The number of rotatable bonds is 4. The first-order valence-electron chi connectivity index (χ1n) is 7.80. The average molecular weight is 417 g/mol. The molecule has 0 aromatic heterocycles. The van der Waals surface area contributed by atoms with Gasteiger partial charge in [-0.2, -0.15) is 18.5 Å². The van der Waals surface area contributed by atoms with Gasteiger partial charge in [-0.3, -0.25) is 14.1 Å². The van der Waals surface area contributed by atoms with E-state index in [1.807, 2.05) is 0 Å². The van der Waals surface area contributed by atoms with Gasteiger partial charge in [0.05, 0.1) is 22.0 Å². The number of para-hydroxylation sites is 1. The molecule has 1 N–H and O–H groups in total. The van der Waals surface area contributed by atoms with Crippen LogP contribution in [0.3, 0.4) is 0 Å². The normalized spacial score (nSPS) is 20.1. The minimum Gasteiger partial charge on any atom is -0.769 e. The molecule has 0 bridgehead atoms. The first-order chi connectivity index (χ1) is 13.6. The number of allylic oxidation sites excluding steroid dienone is 3. The van der Waals surface area contributed by atoms with E-state index in [0.717, 1.165) is 5.01 Å². The standard InChI is InChI=1S/C16H11N5O7S/c1-9-14(16(23)20(19-9)10-5-3-2-4-6-10)18-17-12-7-11(29(26,27)28)8-13(15(12)22)21(24)25/h2-8H,1H3,(H,26,27,28)/q-2. The molecule has 0 unspecified atom stereocenters. The Bertz CT molecular complexity index is 1150. The summed E-state index contributed by atoms with van der Waals surface area (Å²) in [5.74, 6) is -1.89. The van der Waals surface area contributed by atoms with E-state index in [1.54, 1.807) is 30.3 Å². The van der Waals surface area contributed by atoms with Crippen LogP contribution < -0.4 is 5.01 Å². The largest absolute Gasteiger partial charge is 0.769 e. The number of nitrogens with zero attached hydrogens (tertiary/aromatic N) is 5. The van der Waals surface area contributed by atoms with Crippen LogP contribution in [0.5, 0.6) is 0 Å². The Balaban J connectivity index is 2.00. The maximum atomic E-state index is 12.5. The summed E-state index contributed by atoms with van der Waals surface area (Å²) in [5.41, 5.74) is -1.48. The molecule has 0 saturated carbocycles. The predicted octanol–water partition coefficient (Wildman–Crippen LogP) is 0.742. The van der Waals surface area contributed by atoms with Crippen molar-refractivity contribution in [2.45, 2.75) is 6.92 Å². The van der Waals surface area contributed by atoms with Crippen molar-refractivity contribution < 1.29 is 22.6 Å². The molecule has 1 amide bonds. The molecule has 0 fully saturated rings. The number of carbonyl (C=O) groups is 2. The van der Waals surface area contributed by atoms with E-state index in [0.29, 0.717) is 17.8 Å². The molecule has 12 nitrogen and oxygen atoms in total. The summed E-state index contributed by atoms with van der Waals surface area (Å²) in [6, 6.07) is 8.38. The highest BCUT2D eigenvalue weighted by Gasteiger charge is 2.31. The molecule has 1 aliphatic heterocycles. The zero-order valence-corrected chi connectivity index (χ0v) is 15.4. The summed E-state index contributed by atoms with van der Waals surface area (Å²) in [5, 5.41) is 33.1. The van der Waals surface area contributed by atoms with Crippen molar-refractivity contribution >= 4 is 44.6 Å². The fourth-order valence-electron chi connectivity index (χ4n) is 2.39. The number of hydroxylamine groups is 2. The van der Waals surface area contributed by atoms with Crippen LogP contribution in [0.15, 0.2) is 68.4 Å². The Morgan fingerprint density at radius 1 is 1.10 bits per heavy atom. The third-order valence-electron chi connectivity index (χ3n) is 3.76. The summed E-state index contributed by atoms with van der Waals surface area (Å²) >= 11 is 0. The number of hydrogen-bond acceptors (Lipinski definition) is 10. The van der Waals surface area contributed by atoms with Crippen LogP contribution in [-0.2, 0) is 19.7 Å². The minimum atomic E-state index is -4.85. The Hall–Kier alpha value is -3.52. The number of hydrogen-bond donors (Lipinski definition) is 1. The van der Waals surface area contributed by atoms with Gasteiger partial charge in [-0.1, -0.05) is 18.2 Å². The molecule has 1 aromatic carbocycles. The highest BCUT2D eigenvalue weighted by molar-refractivity contribution is 7.90. The second-order valence-corrected chi connectivity index (χ2v) is 7.13. The average Bonchev–Trinajstić information content (AvgIpc) is 2.94. The van der Waals surface area contributed by atoms with Gasteiger partial charge in [-0.05, 0) is 31.2 Å². The van der Waals surface area contributed by atoms with Crippen molar-refractivity contribution in [2.24, 2.45) is 15.3 Å². The lowest BCUT2D eigenvalue weighted by atomic mass is 10.1. The van der Waals surface area contributed by atoms with Gasteiger partial charge < -0.3 is 15.6 Å². The van der Waals surface area contributed by atoms with E-state index >= 15 is 0 Å². The monoisotopic (exact) mass is 417 g/mol. The molecular formula is C16H11N5O7S-2. The summed E-state index contributed by atoms with van der Waals surface area (Å²) in [6.07, 6.45) is 1.03. The van der Waals surface area contributed by atoms with Crippen LogP contribution in [-0.4, -0.2) is 47.0 Å². The number of benzene rings is 1. The first-order valence-corrected chi connectivity index (χ1v) is 9.24. The smallest absolute Gasteiger partial charge is 0.301 e. The highest BCUT2D eigenvalue weighted by Crippen LogP contribution is 2.21. The highest BCUT2D eigenvalue weighted by atomic mass is 32.2. The van der Waals surface area contributed by atoms with E-state index in [1.165, 1.54) is 6.92 Å². The zero-order valence-electron chi connectivity index (χ0n) is 14.6. The molecule has 0 radical (unpaired) electrons. The molecular weight excluding hydrogens is 406 g/mol. The third-order valence-corrected chi connectivity index (χ3v) is 4.60. The zero-order chi connectivity index (χ0) is 21.3. The van der Waals surface area contributed by atoms with Gasteiger partial charge >= 0.3 is 5.91 Å². The van der Waals surface area contributed by atoms with Crippen molar-refractivity contribution in [3.8, 4) is 0 Å². The maximum Gasteiger partial charge on any atom is 0.301 e. The maximum absolute atomic E-state index is 12.5. The van der Waals surface area contributed by atoms with Gasteiger partial charge in [0.1, 0.15) is 5.71 Å². The molecule has 3 rings (SSSR count). The third kappa shape index (κ3) is 4.02. The predicted molar refractivity (Wildman–Crippen MR) is 103 cm³/mol. The molecule has 1 heterocycles. The molecule has 1 aliphatic carbocycles. The van der Waals surface area contributed by atoms with Crippen molar-refractivity contribution in [1.82, 2.24) is 5.23 Å². The molecule has 29 heavy (non-hydrogen) atoms. The number of anilines is 1. The van der Waals surface area contributed by atoms with Gasteiger partial charge in [0.2, 0.25) is 5.78 Å². The summed E-state index contributed by atoms with van der Waals surface area (Å²) < 4.78 is 31.7.